The Labute approximate surface area is 83.9 Å². The van der Waals surface area contributed by atoms with Gasteiger partial charge in [0, 0.05) is 24.0 Å². The molecule has 0 aromatic carbocycles. The summed E-state index contributed by atoms with van der Waals surface area (Å²) in [6.45, 7) is 3.22. The Hall–Kier alpha value is -1.00. The standard InChI is InChI=1S/C10H16N4/c1-7-2-3-14-10(9(7)11)8-4-12-6-13-5-8/h4-7,9-10,14H,2-3,11H2,1H3. The summed E-state index contributed by atoms with van der Waals surface area (Å²) in [7, 11) is 0. The maximum absolute atomic E-state index is 6.14. The van der Waals surface area contributed by atoms with Crippen LogP contribution in [0.4, 0.5) is 0 Å². The van der Waals surface area contributed by atoms with E-state index in [0.717, 1.165) is 18.5 Å². The van der Waals surface area contributed by atoms with Crippen LogP contribution < -0.4 is 11.1 Å². The van der Waals surface area contributed by atoms with E-state index in [-0.39, 0.29) is 12.1 Å². The molecule has 1 saturated heterocycles. The molecule has 0 amide bonds. The molecule has 0 bridgehead atoms. The highest BCUT2D eigenvalue weighted by Crippen LogP contribution is 2.24. The molecule has 0 saturated carbocycles. The Morgan fingerprint density at radius 2 is 2.14 bits per heavy atom. The highest BCUT2D eigenvalue weighted by molar-refractivity contribution is 5.13. The first-order chi connectivity index (χ1) is 6.79. The number of nitrogens with zero attached hydrogens (tertiary/aromatic N) is 2. The van der Waals surface area contributed by atoms with Crippen molar-refractivity contribution in [3.8, 4) is 0 Å². The number of nitrogens with one attached hydrogen (secondary N) is 1. The van der Waals surface area contributed by atoms with Crippen LogP contribution in [0.1, 0.15) is 24.9 Å². The maximum atomic E-state index is 6.14. The van der Waals surface area contributed by atoms with Gasteiger partial charge in [-0.3, -0.25) is 0 Å². The lowest BCUT2D eigenvalue weighted by molar-refractivity contribution is 0.274. The molecule has 3 atom stereocenters. The van der Waals surface area contributed by atoms with Gasteiger partial charge < -0.3 is 11.1 Å². The van der Waals surface area contributed by atoms with E-state index in [0.29, 0.717) is 5.92 Å². The molecule has 0 radical (unpaired) electrons. The number of hydrogen-bond acceptors (Lipinski definition) is 4. The van der Waals surface area contributed by atoms with Gasteiger partial charge in [-0.15, -0.1) is 0 Å². The molecule has 0 spiro atoms. The fourth-order valence-electron chi connectivity index (χ4n) is 1.93. The van der Waals surface area contributed by atoms with Crippen molar-refractivity contribution in [2.24, 2.45) is 11.7 Å². The Kier molecular flexibility index (Phi) is 2.74. The first kappa shape index (κ1) is 9.55. The van der Waals surface area contributed by atoms with Gasteiger partial charge in [-0.1, -0.05) is 6.92 Å². The zero-order valence-electron chi connectivity index (χ0n) is 8.35. The van der Waals surface area contributed by atoms with Crippen LogP contribution in [-0.4, -0.2) is 22.6 Å². The first-order valence-corrected chi connectivity index (χ1v) is 5.03. The quantitative estimate of drug-likeness (QED) is 0.679. The molecule has 4 heteroatoms. The van der Waals surface area contributed by atoms with Gasteiger partial charge in [-0.2, -0.15) is 0 Å². The largest absolute Gasteiger partial charge is 0.326 e. The minimum absolute atomic E-state index is 0.162. The van der Waals surface area contributed by atoms with Crippen molar-refractivity contribution in [2.45, 2.75) is 25.4 Å². The fraction of sp³-hybridized carbons (Fsp3) is 0.600. The lowest BCUT2D eigenvalue weighted by atomic mass is 9.86. The van der Waals surface area contributed by atoms with Gasteiger partial charge in [0.05, 0.1) is 6.04 Å². The highest BCUT2D eigenvalue weighted by Gasteiger charge is 2.28. The van der Waals surface area contributed by atoms with E-state index >= 15 is 0 Å². The number of rotatable bonds is 1. The van der Waals surface area contributed by atoms with Gasteiger partial charge in [-0.25, -0.2) is 9.97 Å². The molecule has 2 heterocycles. The van der Waals surface area contributed by atoms with Crippen LogP contribution in [-0.2, 0) is 0 Å². The number of hydrogen-bond donors (Lipinski definition) is 2. The minimum Gasteiger partial charge on any atom is -0.326 e. The lowest BCUT2D eigenvalue weighted by Crippen LogP contribution is -2.47. The summed E-state index contributed by atoms with van der Waals surface area (Å²) in [5, 5.41) is 3.41. The van der Waals surface area contributed by atoms with Crippen molar-refractivity contribution < 1.29 is 0 Å². The van der Waals surface area contributed by atoms with Crippen molar-refractivity contribution in [1.29, 1.82) is 0 Å². The number of aromatic nitrogens is 2. The Bertz CT molecular complexity index is 287. The molecule has 1 aliphatic rings. The number of nitrogens with two attached hydrogens (primary N) is 1. The van der Waals surface area contributed by atoms with Crippen molar-refractivity contribution in [3.63, 3.8) is 0 Å². The maximum Gasteiger partial charge on any atom is 0.115 e. The molecular weight excluding hydrogens is 176 g/mol. The van der Waals surface area contributed by atoms with Crippen LogP contribution in [0.15, 0.2) is 18.7 Å². The average molecular weight is 192 g/mol. The summed E-state index contributed by atoms with van der Waals surface area (Å²) in [6, 6.07) is 0.370. The molecule has 4 nitrogen and oxygen atoms in total. The van der Waals surface area contributed by atoms with Crippen molar-refractivity contribution in [2.75, 3.05) is 6.54 Å². The zero-order chi connectivity index (χ0) is 9.97. The van der Waals surface area contributed by atoms with Crippen LogP contribution in [0.25, 0.3) is 0 Å². The predicted octanol–water partition coefficient (Wildman–Crippen LogP) is 0.474. The minimum atomic E-state index is 0.162. The van der Waals surface area contributed by atoms with E-state index in [1.807, 2.05) is 12.4 Å². The second-order valence-electron chi connectivity index (χ2n) is 3.95. The second-order valence-corrected chi connectivity index (χ2v) is 3.95. The molecule has 1 aliphatic heterocycles. The van der Waals surface area contributed by atoms with Crippen molar-refractivity contribution in [3.05, 3.63) is 24.3 Å². The smallest absolute Gasteiger partial charge is 0.115 e. The van der Waals surface area contributed by atoms with E-state index in [4.69, 9.17) is 5.73 Å². The first-order valence-electron chi connectivity index (χ1n) is 5.03. The second kappa shape index (κ2) is 4.02. The van der Waals surface area contributed by atoms with Crippen LogP contribution in [0.5, 0.6) is 0 Å². The molecule has 3 N–H and O–H groups in total. The Morgan fingerprint density at radius 3 is 2.86 bits per heavy atom. The lowest BCUT2D eigenvalue weighted by Gasteiger charge is -2.34. The van der Waals surface area contributed by atoms with Gasteiger partial charge in [0.1, 0.15) is 6.33 Å². The van der Waals surface area contributed by atoms with Gasteiger partial charge in [0.15, 0.2) is 0 Å². The molecule has 2 rings (SSSR count). The molecule has 76 valence electrons. The molecular formula is C10H16N4. The van der Waals surface area contributed by atoms with Crippen LogP contribution in [0.3, 0.4) is 0 Å². The van der Waals surface area contributed by atoms with Gasteiger partial charge in [-0.05, 0) is 18.9 Å². The predicted molar refractivity (Wildman–Crippen MR) is 54.5 cm³/mol. The van der Waals surface area contributed by atoms with E-state index < -0.39 is 0 Å². The third-order valence-electron chi connectivity index (χ3n) is 2.95. The molecule has 1 aromatic heterocycles. The summed E-state index contributed by atoms with van der Waals surface area (Å²) >= 11 is 0. The molecule has 14 heavy (non-hydrogen) atoms. The Morgan fingerprint density at radius 1 is 1.43 bits per heavy atom. The summed E-state index contributed by atoms with van der Waals surface area (Å²) in [6.07, 6.45) is 6.36. The summed E-state index contributed by atoms with van der Waals surface area (Å²) < 4.78 is 0. The summed E-state index contributed by atoms with van der Waals surface area (Å²) in [4.78, 5) is 8.03. The van der Waals surface area contributed by atoms with Crippen LogP contribution in [0.2, 0.25) is 0 Å². The van der Waals surface area contributed by atoms with Gasteiger partial charge in [0.2, 0.25) is 0 Å². The fourth-order valence-corrected chi connectivity index (χ4v) is 1.93. The van der Waals surface area contributed by atoms with Gasteiger partial charge in [0.25, 0.3) is 0 Å². The molecule has 0 aliphatic carbocycles. The topological polar surface area (TPSA) is 63.8 Å². The normalized spacial score (nSPS) is 32.9. The van der Waals surface area contributed by atoms with Crippen LogP contribution >= 0.6 is 0 Å². The van der Waals surface area contributed by atoms with Crippen molar-refractivity contribution in [1.82, 2.24) is 15.3 Å². The molecule has 3 unspecified atom stereocenters. The monoisotopic (exact) mass is 192 g/mol. The third kappa shape index (κ3) is 1.76. The van der Waals surface area contributed by atoms with Crippen molar-refractivity contribution >= 4 is 0 Å². The zero-order valence-corrected chi connectivity index (χ0v) is 8.35. The van der Waals surface area contributed by atoms with Gasteiger partial charge >= 0.3 is 0 Å². The van der Waals surface area contributed by atoms with Crippen LogP contribution in [0, 0.1) is 5.92 Å². The van der Waals surface area contributed by atoms with E-state index in [2.05, 4.69) is 22.2 Å². The average Bonchev–Trinajstić information content (AvgIpc) is 2.23. The molecule has 1 aromatic rings. The summed E-state index contributed by atoms with van der Waals surface area (Å²) in [5.74, 6) is 0.557. The third-order valence-corrected chi connectivity index (χ3v) is 2.95. The molecule has 1 fully saturated rings. The summed E-state index contributed by atoms with van der Waals surface area (Å²) in [5.41, 5.74) is 7.23. The van der Waals surface area contributed by atoms with E-state index in [9.17, 15) is 0 Å². The SMILES string of the molecule is CC1CCNC(c2cncnc2)C1N. The van der Waals surface area contributed by atoms with E-state index in [1.54, 1.807) is 6.33 Å². The number of piperidine rings is 1. The van der Waals surface area contributed by atoms with E-state index in [1.165, 1.54) is 0 Å². The highest BCUT2D eigenvalue weighted by atomic mass is 15.0. The Balaban J connectivity index is 2.17.